The van der Waals surface area contributed by atoms with Crippen LogP contribution < -0.4 is 0 Å². The largest absolute Gasteiger partial charge is 0.469 e. The Bertz CT molecular complexity index is 522. The molecule has 2 rings (SSSR count). The molecule has 84 valence electrons. The summed E-state index contributed by atoms with van der Waals surface area (Å²) in [5, 5.41) is 0.668. The zero-order chi connectivity index (χ0) is 11.5. The number of imidazole rings is 1. The molecule has 1 N–H and O–H groups in total. The van der Waals surface area contributed by atoms with E-state index in [0.29, 0.717) is 5.33 Å². The number of nitrogens with one attached hydrogen (secondary N) is 1. The molecule has 16 heavy (non-hydrogen) atoms. The third-order valence-electron chi connectivity index (χ3n) is 2.49. The number of carbonyl (C=O) groups excluding carboxylic acids is 1. The summed E-state index contributed by atoms with van der Waals surface area (Å²) in [6.45, 7) is 0. The van der Waals surface area contributed by atoms with Gasteiger partial charge in [0.2, 0.25) is 0 Å². The van der Waals surface area contributed by atoms with Gasteiger partial charge in [0.1, 0.15) is 0 Å². The van der Waals surface area contributed by atoms with Crippen LogP contribution in [0.15, 0.2) is 18.5 Å². The Kier molecular flexibility index (Phi) is 3.24. The highest BCUT2D eigenvalue weighted by Gasteiger charge is 2.11. The van der Waals surface area contributed by atoms with Crippen LogP contribution >= 0.6 is 15.9 Å². The zero-order valence-corrected chi connectivity index (χ0v) is 10.4. The van der Waals surface area contributed by atoms with Crippen LogP contribution in [0.4, 0.5) is 0 Å². The van der Waals surface area contributed by atoms with E-state index in [1.165, 1.54) is 7.11 Å². The molecular weight excluding hydrogens is 272 g/mol. The van der Waals surface area contributed by atoms with Gasteiger partial charge in [0.15, 0.2) is 0 Å². The predicted octanol–water partition coefficient (Wildman–Crippen LogP) is 2.17. The average molecular weight is 283 g/mol. The number of benzene rings is 1. The van der Waals surface area contributed by atoms with Crippen molar-refractivity contribution < 1.29 is 9.53 Å². The quantitative estimate of drug-likeness (QED) is 0.693. The number of alkyl halides is 1. The molecule has 0 atom stereocenters. The first-order chi connectivity index (χ1) is 7.76. The third kappa shape index (κ3) is 1.95. The number of esters is 1. The maximum Gasteiger partial charge on any atom is 0.309 e. The number of aromatic nitrogens is 2. The van der Waals surface area contributed by atoms with Gasteiger partial charge in [-0.1, -0.05) is 22.0 Å². The highest BCUT2D eigenvalue weighted by Crippen LogP contribution is 2.22. The fraction of sp³-hybridized carbons (Fsp3) is 0.273. The lowest BCUT2D eigenvalue weighted by molar-refractivity contribution is -0.139. The first kappa shape index (κ1) is 11.1. The summed E-state index contributed by atoms with van der Waals surface area (Å²) in [5.41, 5.74) is 3.86. The maximum absolute atomic E-state index is 11.3. The molecule has 1 aromatic carbocycles. The topological polar surface area (TPSA) is 55.0 Å². The van der Waals surface area contributed by atoms with Crippen molar-refractivity contribution in [2.75, 3.05) is 7.11 Å². The lowest BCUT2D eigenvalue weighted by Gasteiger charge is -2.06. The Labute approximate surface area is 101 Å². The van der Waals surface area contributed by atoms with Crippen LogP contribution in [0, 0.1) is 0 Å². The molecule has 4 nitrogen and oxygen atoms in total. The van der Waals surface area contributed by atoms with Crippen LogP contribution in [-0.4, -0.2) is 23.0 Å². The average Bonchev–Trinajstić information content (AvgIpc) is 2.76. The predicted molar refractivity (Wildman–Crippen MR) is 64.4 cm³/mol. The van der Waals surface area contributed by atoms with Crippen molar-refractivity contribution in [1.82, 2.24) is 9.97 Å². The number of carbonyl (C=O) groups is 1. The number of halogens is 1. The lowest BCUT2D eigenvalue weighted by atomic mass is 10.0. The third-order valence-corrected chi connectivity index (χ3v) is 3.05. The lowest BCUT2D eigenvalue weighted by Crippen LogP contribution is -2.06. The molecule has 5 heteroatoms. The van der Waals surface area contributed by atoms with Gasteiger partial charge in [-0.15, -0.1) is 0 Å². The molecule has 2 aromatic rings. The van der Waals surface area contributed by atoms with Gasteiger partial charge >= 0.3 is 5.97 Å². The van der Waals surface area contributed by atoms with E-state index in [2.05, 4.69) is 30.6 Å². The second-order valence-corrected chi connectivity index (χ2v) is 3.95. The summed E-state index contributed by atoms with van der Waals surface area (Å²) in [6, 6.07) is 3.85. The smallest absolute Gasteiger partial charge is 0.309 e. The summed E-state index contributed by atoms with van der Waals surface area (Å²) in [5.74, 6) is -0.239. The van der Waals surface area contributed by atoms with Gasteiger partial charge in [-0.2, -0.15) is 0 Å². The van der Waals surface area contributed by atoms with Crippen LogP contribution in [0.5, 0.6) is 0 Å². The van der Waals surface area contributed by atoms with Gasteiger partial charge in [0.05, 0.1) is 30.9 Å². The number of hydrogen-bond acceptors (Lipinski definition) is 3. The van der Waals surface area contributed by atoms with Crippen molar-refractivity contribution in [3.05, 3.63) is 29.6 Å². The summed E-state index contributed by atoms with van der Waals surface area (Å²) in [4.78, 5) is 18.5. The number of fused-ring (bicyclic) bond motifs is 1. The second kappa shape index (κ2) is 4.65. The van der Waals surface area contributed by atoms with Crippen LogP contribution in [-0.2, 0) is 21.3 Å². The normalized spacial score (nSPS) is 10.6. The number of aromatic amines is 1. The van der Waals surface area contributed by atoms with Crippen molar-refractivity contribution in [1.29, 1.82) is 0 Å². The van der Waals surface area contributed by atoms with E-state index in [9.17, 15) is 4.79 Å². The number of H-pyrrole nitrogens is 1. The highest BCUT2D eigenvalue weighted by atomic mass is 79.9. The molecule has 0 aliphatic heterocycles. The van der Waals surface area contributed by atoms with Gasteiger partial charge in [-0.3, -0.25) is 4.79 Å². The number of hydrogen-bond donors (Lipinski definition) is 1. The van der Waals surface area contributed by atoms with Crippen LogP contribution in [0.25, 0.3) is 11.0 Å². The SMILES string of the molecule is COC(=O)Cc1ccc2[nH]cnc2c1CBr. The van der Waals surface area contributed by atoms with Crippen LogP contribution in [0.1, 0.15) is 11.1 Å². The number of nitrogens with zero attached hydrogens (tertiary/aromatic N) is 1. The fourth-order valence-electron chi connectivity index (χ4n) is 1.65. The minimum atomic E-state index is -0.239. The Balaban J connectivity index is 2.47. The molecular formula is C11H11BrN2O2. The summed E-state index contributed by atoms with van der Waals surface area (Å²) >= 11 is 3.42. The molecule has 0 spiro atoms. The van der Waals surface area contributed by atoms with Crippen LogP contribution in [0.3, 0.4) is 0 Å². The van der Waals surface area contributed by atoms with Crippen molar-refractivity contribution in [2.45, 2.75) is 11.8 Å². The molecule has 0 aliphatic rings. The fourth-order valence-corrected chi connectivity index (χ4v) is 2.28. The second-order valence-electron chi connectivity index (χ2n) is 3.39. The Hall–Kier alpha value is -1.36. The maximum atomic E-state index is 11.3. The molecule has 0 unspecified atom stereocenters. The summed E-state index contributed by atoms with van der Waals surface area (Å²) in [7, 11) is 1.39. The monoisotopic (exact) mass is 282 g/mol. The number of methoxy groups -OCH3 is 1. The van der Waals surface area contributed by atoms with E-state index in [1.54, 1.807) is 6.33 Å². The van der Waals surface area contributed by atoms with E-state index in [4.69, 9.17) is 0 Å². The minimum Gasteiger partial charge on any atom is -0.469 e. The number of rotatable bonds is 3. The molecule has 0 bridgehead atoms. The van der Waals surface area contributed by atoms with E-state index >= 15 is 0 Å². The van der Waals surface area contributed by atoms with Crippen molar-refractivity contribution in [2.24, 2.45) is 0 Å². The van der Waals surface area contributed by atoms with Gasteiger partial charge in [0, 0.05) is 5.33 Å². The van der Waals surface area contributed by atoms with Gasteiger partial charge in [-0.05, 0) is 17.2 Å². The van der Waals surface area contributed by atoms with Gasteiger partial charge in [-0.25, -0.2) is 4.98 Å². The molecule has 0 saturated heterocycles. The summed E-state index contributed by atoms with van der Waals surface area (Å²) in [6.07, 6.45) is 1.93. The Morgan fingerprint density at radius 2 is 2.38 bits per heavy atom. The Morgan fingerprint density at radius 3 is 3.06 bits per heavy atom. The first-order valence-electron chi connectivity index (χ1n) is 4.83. The number of ether oxygens (including phenoxy) is 1. The molecule has 0 aliphatic carbocycles. The van der Waals surface area contributed by atoms with Gasteiger partial charge in [0.25, 0.3) is 0 Å². The molecule has 0 radical (unpaired) electrons. The molecule has 0 saturated carbocycles. The molecule has 0 fully saturated rings. The molecule has 1 aromatic heterocycles. The van der Waals surface area contributed by atoms with E-state index in [0.717, 1.165) is 22.2 Å². The van der Waals surface area contributed by atoms with E-state index < -0.39 is 0 Å². The molecule has 0 amide bonds. The highest BCUT2D eigenvalue weighted by molar-refractivity contribution is 9.08. The van der Waals surface area contributed by atoms with Gasteiger partial charge < -0.3 is 9.72 Å². The van der Waals surface area contributed by atoms with Crippen molar-refractivity contribution in [3.63, 3.8) is 0 Å². The van der Waals surface area contributed by atoms with Crippen molar-refractivity contribution >= 4 is 32.9 Å². The van der Waals surface area contributed by atoms with E-state index in [-0.39, 0.29) is 12.4 Å². The minimum absolute atomic E-state index is 0.239. The zero-order valence-electron chi connectivity index (χ0n) is 8.79. The Morgan fingerprint density at radius 1 is 1.56 bits per heavy atom. The van der Waals surface area contributed by atoms with Crippen molar-refractivity contribution in [3.8, 4) is 0 Å². The standard InChI is InChI=1S/C11H11BrN2O2/c1-16-10(15)4-7-2-3-9-11(8(7)5-12)14-6-13-9/h2-3,6H,4-5H2,1H3,(H,13,14). The van der Waals surface area contributed by atoms with Crippen LogP contribution in [0.2, 0.25) is 0 Å². The van der Waals surface area contributed by atoms with E-state index in [1.807, 2.05) is 12.1 Å². The first-order valence-corrected chi connectivity index (χ1v) is 5.95. The summed E-state index contributed by atoms with van der Waals surface area (Å²) < 4.78 is 4.66. The molecule has 1 heterocycles.